The summed E-state index contributed by atoms with van der Waals surface area (Å²) in [5.41, 5.74) is 8.41. The molecule has 0 aliphatic rings. The number of H-pyrrole nitrogens is 2. The zero-order valence-corrected chi connectivity index (χ0v) is 31.6. The predicted molar refractivity (Wildman–Crippen MR) is 206 cm³/mol. The molecule has 4 aromatic rings. The molecule has 4 rings (SSSR count). The minimum atomic E-state index is -1.61. The second kappa shape index (κ2) is 19.0. The number of fused-ring (bicyclic) bond motifs is 2. The smallest absolute Gasteiger partial charge is 0.326 e. The number of benzene rings is 2. The molecule has 0 saturated carbocycles. The van der Waals surface area contributed by atoms with E-state index >= 15 is 0 Å². The standard InChI is InChI=1S/C39H52N8O8/c1-6-21(4)33(45-31(49)17-40)37(52)43-30(16-24-19-42-28-14-10-8-12-26(24)28)36(51)47-34(22(5)48)38(53)44-29(35(50)46-32(20(2)3)39(54)55)15-23-18-41-27-13-9-7-11-25(23)27/h7-14,18-22,29-30,32-34,41-42,48H,6,15-17,40H2,1-5H3,(H,43,52)(H,44,53)(H,45,49)(H,46,50)(H,47,51)(H,54,55)/t21-,22+,29-,30-,32-,33-,34-/m1/s1. The first-order valence-corrected chi connectivity index (χ1v) is 18.4. The number of carbonyl (C=O) groups is 6. The number of carboxylic acid groups (broad SMARTS) is 1. The van der Waals surface area contributed by atoms with Crippen LogP contribution in [0.4, 0.5) is 0 Å². The highest BCUT2D eigenvalue weighted by molar-refractivity contribution is 5.97. The Balaban J connectivity index is 1.63. The molecule has 2 heterocycles. The Labute approximate surface area is 318 Å². The Morgan fingerprint density at radius 2 is 1.11 bits per heavy atom. The van der Waals surface area contributed by atoms with Crippen molar-refractivity contribution in [1.29, 1.82) is 0 Å². The van der Waals surface area contributed by atoms with Gasteiger partial charge in [-0.05, 0) is 42.0 Å². The topological polar surface area (TPSA) is 261 Å². The lowest BCUT2D eigenvalue weighted by Gasteiger charge is -2.29. The maximum Gasteiger partial charge on any atom is 0.326 e. The Hall–Kier alpha value is -5.74. The van der Waals surface area contributed by atoms with E-state index in [9.17, 15) is 39.0 Å². The molecular formula is C39H52N8O8. The van der Waals surface area contributed by atoms with Gasteiger partial charge < -0.3 is 52.5 Å². The minimum Gasteiger partial charge on any atom is -0.480 e. The predicted octanol–water partition coefficient (Wildman–Crippen LogP) is 0.985. The second-order valence-corrected chi connectivity index (χ2v) is 14.2. The van der Waals surface area contributed by atoms with Gasteiger partial charge >= 0.3 is 5.97 Å². The molecule has 0 saturated heterocycles. The maximum atomic E-state index is 14.1. The molecule has 0 fully saturated rings. The summed E-state index contributed by atoms with van der Waals surface area (Å²) in [5.74, 6) is -5.81. The maximum absolute atomic E-state index is 14.1. The van der Waals surface area contributed by atoms with E-state index in [0.717, 1.165) is 21.8 Å². The first-order chi connectivity index (χ1) is 26.1. The van der Waals surface area contributed by atoms with Crippen LogP contribution in [-0.4, -0.2) is 98.5 Å². The van der Waals surface area contributed by atoms with Crippen molar-refractivity contribution in [3.63, 3.8) is 0 Å². The molecule has 11 N–H and O–H groups in total. The number of nitrogens with one attached hydrogen (secondary N) is 7. The number of aliphatic hydroxyl groups excluding tert-OH is 1. The average Bonchev–Trinajstić information content (AvgIpc) is 3.77. The number of aromatic nitrogens is 2. The third-order valence-corrected chi connectivity index (χ3v) is 9.75. The summed E-state index contributed by atoms with van der Waals surface area (Å²) in [6.07, 6.45) is 2.33. The highest BCUT2D eigenvalue weighted by Crippen LogP contribution is 2.21. The lowest BCUT2D eigenvalue weighted by atomic mass is 9.97. The largest absolute Gasteiger partial charge is 0.480 e. The Kier molecular flexibility index (Phi) is 14.5. The van der Waals surface area contributed by atoms with Gasteiger partial charge in [0.25, 0.3) is 0 Å². The van der Waals surface area contributed by atoms with Crippen molar-refractivity contribution in [2.24, 2.45) is 17.6 Å². The van der Waals surface area contributed by atoms with Gasteiger partial charge in [0.2, 0.25) is 29.5 Å². The third kappa shape index (κ3) is 10.7. The second-order valence-electron chi connectivity index (χ2n) is 14.2. The Morgan fingerprint density at radius 3 is 1.53 bits per heavy atom. The number of carboxylic acids is 1. The molecule has 0 unspecified atom stereocenters. The van der Waals surface area contributed by atoms with Gasteiger partial charge in [0.15, 0.2) is 0 Å². The summed E-state index contributed by atoms with van der Waals surface area (Å²) in [6, 6.07) is 8.16. The number of para-hydroxylation sites is 2. The quantitative estimate of drug-likeness (QED) is 0.0653. The molecule has 16 nitrogen and oxygen atoms in total. The van der Waals surface area contributed by atoms with Crippen LogP contribution in [0.2, 0.25) is 0 Å². The normalized spacial score (nSPS) is 15.3. The van der Waals surface area contributed by atoms with E-state index in [2.05, 4.69) is 36.6 Å². The van der Waals surface area contributed by atoms with Gasteiger partial charge in [-0.1, -0.05) is 70.5 Å². The Morgan fingerprint density at radius 1 is 0.655 bits per heavy atom. The van der Waals surface area contributed by atoms with Gasteiger partial charge in [0.1, 0.15) is 30.2 Å². The van der Waals surface area contributed by atoms with E-state index < -0.39 is 77.7 Å². The van der Waals surface area contributed by atoms with Gasteiger partial charge in [-0.2, -0.15) is 0 Å². The fraction of sp³-hybridized carbons (Fsp3) is 0.436. The van der Waals surface area contributed by atoms with Crippen molar-refractivity contribution in [2.45, 2.75) is 90.2 Å². The van der Waals surface area contributed by atoms with Gasteiger partial charge in [0, 0.05) is 47.0 Å². The molecule has 0 radical (unpaired) electrons. The van der Waals surface area contributed by atoms with Crippen LogP contribution in [0.15, 0.2) is 60.9 Å². The number of aliphatic hydroxyl groups is 1. The number of aromatic amines is 2. The molecule has 296 valence electrons. The van der Waals surface area contributed by atoms with E-state index in [0.29, 0.717) is 17.5 Å². The first kappa shape index (κ1) is 42.0. The molecule has 2 aromatic heterocycles. The summed E-state index contributed by atoms with van der Waals surface area (Å²) in [7, 11) is 0. The number of amides is 5. The lowest BCUT2D eigenvalue weighted by Crippen LogP contribution is -2.62. The van der Waals surface area contributed by atoms with E-state index in [4.69, 9.17) is 5.73 Å². The number of hydrogen-bond donors (Lipinski definition) is 10. The number of hydrogen-bond acceptors (Lipinski definition) is 8. The van der Waals surface area contributed by atoms with Crippen LogP contribution in [0.1, 0.15) is 52.2 Å². The highest BCUT2D eigenvalue weighted by atomic mass is 16.4. The van der Waals surface area contributed by atoms with Crippen LogP contribution in [0, 0.1) is 11.8 Å². The average molecular weight is 761 g/mol. The van der Waals surface area contributed by atoms with Crippen molar-refractivity contribution >= 4 is 57.3 Å². The zero-order valence-electron chi connectivity index (χ0n) is 31.6. The molecule has 16 heteroatoms. The molecule has 7 atom stereocenters. The summed E-state index contributed by atoms with van der Waals surface area (Å²) >= 11 is 0. The van der Waals surface area contributed by atoms with E-state index in [1.165, 1.54) is 6.92 Å². The minimum absolute atomic E-state index is 0.0365. The third-order valence-electron chi connectivity index (χ3n) is 9.75. The number of rotatable bonds is 19. The number of nitrogens with two attached hydrogens (primary N) is 1. The zero-order chi connectivity index (χ0) is 40.4. The van der Waals surface area contributed by atoms with Gasteiger partial charge in [-0.15, -0.1) is 0 Å². The summed E-state index contributed by atoms with van der Waals surface area (Å²) in [5, 5.41) is 35.2. The fourth-order valence-corrected chi connectivity index (χ4v) is 6.34. The summed E-state index contributed by atoms with van der Waals surface area (Å²) in [4.78, 5) is 86.0. The van der Waals surface area contributed by atoms with Gasteiger partial charge in [-0.3, -0.25) is 24.0 Å². The summed E-state index contributed by atoms with van der Waals surface area (Å²) in [6.45, 7) is 7.82. The van der Waals surface area contributed by atoms with E-state index in [-0.39, 0.29) is 25.3 Å². The van der Waals surface area contributed by atoms with E-state index in [1.807, 2.05) is 55.5 Å². The van der Waals surface area contributed by atoms with Gasteiger partial charge in [-0.25, -0.2) is 4.79 Å². The SMILES string of the molecule is CC[C@@H](C)[C@@H](NC(=O)CN)C(=O)N[C@H](Cc1c[nH]c2ccccc12)C(=O)N[C@@H](C(=O)N[C@H](Cc1c[nH]c2ccccc12)C(=O)N[C@@H](C(=O)O)C(C)C)[C@H](C)O. The molecule has 2 aromatic carbocycles. The first-order valence-electron chi connectivity index (χ1n) is 18.4. The fourth-order valence-electron chi connectivity index (χ4n) is 6.34. The molecule has 5 amide bonds. The van der Waals surface area contributed by atoms with Crippen molar-refractivity contribution in [1.82, 2.24) is 36.6 Å². The number of carbonyl (C=O) groups excluding carboxylic acids is 5. The molecule has 0 spiro atoms. The molecule has 0 bridgehead atoms. The molecule has 0 aliphatic heterocycles. The monoisotopic (exact) mass is 760 g/mol. The van der Waals surface area contributed by atoms with Crippen molar-refractivity contribution in [3.05, 3.63) is 72.1 Å². The van der Waals surface area contributed by atoms with Crippen molar-refractivity contribution < 1.29 is 39.0 Å². The number of aliphatic carboxylic acids is 1. The highest BCUT2D eigenvalue weighted by Gasteiger charge is 2.36. The lowest BCUT2D eigenvalue weighted by molar-refractivity contribution is -0.143. The van der Waals surface area contributed by atoms with Crippen LogP contribution in [0.5, 0.6) is 0 Å². The van der Waals surface area contributed by atoms with Gasteiger partial charge in [0.05, 0.1) is 12.6 Å². The Bertz CT molecular complexity index is 1990. The molecular weight excluding hydrogens is 708 g/mol. The molecule has 55 heavy (non-hydrogen) atoms. The van der Waals surface area contributed by atoms with Crippen LogP contribution in [-0.2, 0) is 41.6 Å². The van der Waals surface area contributed by atoms with Crippen LogP contribution in [0.25, 0.3) is 21.8 Å². The van der Waals surface area contributed by atoms with Crippen molar-refractivity contribution in [2.75, 3.05) is 6.54 Å². The van der Waals surface area contributed by atoms with Crippen LogP contribution >= 0.6 is 0 Å². The summed E-state index contributed by atoms with van der Waals surface area (Å²) < 4.78 is 0. The van der Waals surface area contributed by atoms with E-state index in [1.54, 1.807) is 33.2 Å². The van der Waals surface area contributed by atoms with Crippen LogP contribution in [0.3, 0.4) is 0 Å². The van der Waals surface area contributed by atoms with Crippen molar-refractivity contribution in [3.8, 4) is 0 Å². The molecule has 0 aliphatic carbocycles. The van der Waals surface area contributed by atoms with Crippen LogP contribution < -0.4 is 32.3 Å².